The number of rotatable bonds is 1. The van der Waals surface area contributed by atoms with Gasteiger partial charge in [-0.15, -0.1) is 0 Å². The van der Waals surface area contributed by atoms with Crippen LogP contribution in [0.4, 0.5) is 0 Å². The summed E-state index contributed by atoms with van der Waals surface area (Å²) in [6.07, 6.45) is 3.52. The fraction of sp³-hybridized carbons (Fsp3) is 1.00. The minimum absolute atomic E-state index is 0.0289. The van der Waals surface area contributed by atoms with Crippen molar-refractivity contribution in [3.63, 3.8) is 0 Å². The summed E-state index contributed by atoms with van der Waals surface area (Å²) < 4.78 is 0. The van der Waals surface area contributed by atoms with Gasteiger partial charge in [0.1, 0.15) is 0 Å². The summed E-state index contributed by atoms with van der Waals surface area (Å²) in [6, 6.07) is 0. The lowest BCUT2D eigenvalue weighted by molar-refractivity contribution is 0.0266. The van der Waals surface area contributed by atoms with Gasteiger partial charge in [-0.05, 0) is 30.6 Å². The van der Waals surface area contributed by atoms with Crippen LogP contribution in [-0.4, -0.2) is 11.2 Å². The minimum atomic E-state index is -0.0289. The molecule has 1 saturated carbocycles. The lowest BCUT2D eigenvalue weighted by Gasteiger charge is -2.33. The quantitative estimate of drug-likeness (QED) is 0.618. The van der Waals surface area contributed by atoms with Crippen LogP contribution in [0.2, 0.25) is 0 Å². The molecular formula is C10H20O. The summed E-state index contributed by atoms with van der Waals surface area (Å²) >= 11 is 0. The van der Waals surface area contributed by atoms with Crippen molar-refractivity contribution < 1.29 is 5.11 Å². The number of aliphatic hydroxyl groups excluding tert-OH is 1. The standard InChI is InChI=1S/C10H20O/c1-7(2)9-5-4-8(3)6-10(9)11/h7-11H,4-6H2,1-3H3/t8?,9-,10-/m1/s1. The summed E-state index contributed by atoms with van der Waals surface area (Å²) in [5.41, 5.74) is 0. The van der Waals surface area contributed by atoms with E-state index in [2.05, 4.69) is 20.8 Å². The van der Waals surface area contributed by atoms with Crippen LogP contribution >= 0.6 is 0 Å². The van der Waals surface area contributed by atoms with Gasteiger partial charge in [0.15, 0.2) is 0 Å². The van der Waals surface area contributed by atoms with E-state index in [1.807, 2.05) is 0 Å². The molecule has 11 heavy (non-hydrogen) atoms. The first-order valence-electron chi connectivity index (χ1n) is 4.79. The molecule has 0 aromatic heterocycles. The van der Waals surface area contributed by atoms with Gasteiger partial charge in [0.05, 0.1) is 6.10 Å². The molecule has 0 aromatic carbocycles. The molecule has 0 heterocycles. The molecule has 3 atom stereocenters. The van der Waals surface area contributed by atoms with Gasteiger partial charge in [0, 0.05) is 0 Å². The molecule has 1 nitrogen and oxygen atoms in total. The Balaban J connectivity index is 2.44. The van der Waals surface area contributed by atoms with Gasteiger partial charge in [-0.1, -0.05) is 27.2 Å². The molecule has 66 valence electrons. The number of hydrogen-bond donors (Lipinski definition) is 1. The predicted molar refractivity (Wildman–Crippen MR) is 47.3 cm³/mol. The smallest absolute Gasteiger partial charge is 0.0573 e. The molecule has 0 bridgehead atoms. The second kappa shape index (κ2) is 3.57. The van der Waals surface area contributed by atoms with E-state index in [1.165, 1.54) is 12.8 Å². The maximum atomic E-state index is 9.71. The van der Waals surface area contributed by atoms with E-state index in [0.717, 1.165) is 12.3 Å². The van der Waals surface area contributed by atoms with Gasteiger partial charge in [0.25, 0.3) is 0 Å². The minimum Gasteiger partial charge on any atom is -0.393 e. The fourth-order valence-corrected chi connectivity index (χ4v) is 2.15. The third-order valence-corrected chi connectivity index (χ3v) is 2.99. The van der Waals surface area contributed by atoms with E-state index < -0.39 is 0 Å². The van der Waals surface area contributed by atoms with Crippen molar-refractivity contribution in [2.75, 3.05) is 0 Å². The Hall–Kier alpha value is -0.0400. The largest absolute Gasteiger partial charge is 0.393 e. The molecule has 0 amide bonds. The highest BCUT2D eigenvalue weighted by Crippen LogP contribution is 2.33. The molecule has 1 aliphatic carbocycles. The Labute approximate surface area is 69.8 Å². The molecule has 1 N–H and O–H groups in total. The topological polar surface area (TPSA) is 20.2 Å². The number of hydrogen-bond acceptors (Lipinski definition) is 1. The molecule has 0 aliphatic heterocycles. The van der Waals surface area contributed by atoms with Crippen LogP contribution in [0.25, 0.3) is 0 Å². The normalized spacial score (nSPS) is 39.5. The molecule has 1 aliphatic rings. The lowest BCUT2D eigenvalue weighted by atomic mass is 9.75. The second-order valence-electron chi connectivity index (χ2n) is 4.39. The number of aliphatic hydroxyl groups is 1. The van der Waals surface area contributed by atoms with Crippen molar-refractivity contribution in [2.45, 2.75) is 46.1 Å². The van der Waals surface area contributed by atoms with Crippen LogP contribution in [0.5, 0.6) is 0 Å². The monoisotopic (exact) mass is 156 g/mol. The van der Waals surface area contributed by atoms with Crippen molar-refractivity contribution in [1.82, 2.24) is 0 Å². The average Bonchev–Trinajstić information content (AvgIpc) is 1.85. The van der Waals surface area contributed by atoms with Crippen molar-refractivity contribution >= 4 is 0 Å². The van der Waals surface area contributed by atoms with E-state index in [9.17, 15) is 5.11 Å². The first kappa shape index (κ1) is 9.05. The van der Waals surface area contributed by atoms with Crippen molar-refractivity contribution in [2.24, 2.45) is 17.8 Å². The lowest BCUT2D eigenvalue weighted by Crippen LogP contribution is -2.31. The summed E-state index contributed by atoms with van der Waals surface area (Å²) in [5, 5.41) is 9.71. The van der Waals surface area contributed by atoms with E-state index in [0.29, 0.717) is 11.8 Å². The van der Waals surface area contributed by atoms with Crippen LogP contribution in [0, 0.1) is 17.8 Å². The van der Waals surface area contributed by atoms with Crippen molar-refractivity contribution in [3.05, 3.63) is 0 Å². The second-order valence-corrected chi connectivity index (χ2v) is 4.39. The van der Waals surface area contributed by atoms with E-state index in [4.69, 9.17) is 0 Å². The Kier molecular flexibility index (Phi) is 2.94. The highest BCUT2D eigenvalue weighted by molar-refractivity contribution is 4.79. The predicted octanol–water partition coefficient (Wildman–Crippen LogP) is 2.44. The van der Waals surface area contributed by atoms with Crippen LogP contribution in [0.15, 0.2) is 0 Å². The van der Waals surface area contributed by atoms with Gasteiger partial charge < -0.3 is 5.11 Å². The third kappa shape index (κ3) is 2.19. The van der Waals surface area contributed by atoms with Crippen LogP contribution in [-0.2, 0) is 0 Å². The van der Waals surface area contributed by atoms with Crippen LogP contribution in [0.1, 0.15) is 40.0 Å². The van der Waals surface area contributed by atoms with Crippen molar-refractivity contribution in [3.8, 4) is 0 Å². The summed E-state index contributed by atoms with van der Waals surface area (Å²) in [6.45, 7) is 6.66. The highest BCUT2D eigenvalue weighted by Gasteiger charge is 2.28. The average molecular weight is 156 g/mol. The molecular weight excluding hydrogens is 136 g/mol. The summed E-state index contributed by atoms with van der Waals surface area (Å²) in [7, 11) is 0. The van der Waals surface area contributed by atoms with Crippen LogP contribution < -0.4 is 0 Å². The molecule has 1 fully saturated rings. The fourth-order valence-electron chi connectivity index (χ4n) is 2.15. The molecule has 1 rings (SSSR count). The van der Waals surface area contributed by atoms with Gasteiger partial charge in [-0.25, -0.2) is 0 Å². The van der Waals surface area contributed by atoms with Crippen LogP contribution in [0.3, 0.4) is 0 Å². The zero-order valence-corrected chi connectivity index (χ0v) is 7.88. The van der Waals surface area contributed by atoms with Crippen molar-refractivity contribution in [1.29, 1.82) is 0 Å². The SMILES string of the molecule is CC1CC[C@H](C(C)C)[C@H](O)C1. The van der Waals surface area contributed by atoms with Gasteiger partial charge in [-0.3, -0.25) is 0 Å². The maximum absolute atomic E-state index is 9.71. The molecule has 1 heteroatoms. The maximum Gasteiger partial charge on any atom is 0.0573 e. The Morgan fingerprint density at radius 1 is 1.27 bits per heavy atom. The van der Waals surface area contributed by atoms with Gasteiger partial charge in [-0.2, -0.15) is 0 Å². The zero-order chi connectivity index (χ0) is 8.43. The summed E-state index contributed by atoms with van der Waals surface area (Å²) in [4.78, 5) is 0. The first-order chi connectivity index (χ1) is 5.11. The molecule has 0 aromatic rings. The zero-order valence-electron chi connectivity index (χ0n) is 7.88. The van der Waals surface area contributed by atoms with Gasteiger partial charge in [0.2, 0.25) is 0 Å². The van der Waals surface area contributed by atoms with E-state index >= 15 is 0 Å². The molecule has 0 radical (unpaired) electrons. The molecule has 0 spiro atoms. The first-order valence-corrected chi connectivity index (χ1v) is 4.79. The highest BCUT2D eigenvalue weighted by atomic mass is 16.3. The molecule has 0 saturated heterocycles. The third-order valence-electron chi connectivity index (χ3n) is 2.99. The summed E-state index contributed by atoms with van der Waals surface area (Å²) in [5.74, 6) is 1.95. The Morgan fingerprint density at radius 3 is 2.36 bits per heavy atom. The van der Waals surface area contributed by atoms with E-state index in [1.54, 1.807) is 0 Å². The van der Waals surface area contributed by atoms with E-state index in [-0.39, 0.29) is 6.10 Å². The van der Waals surface area contributed by atoms with Gasteiger partial charge >= 0.3 is 0 Å². The Morgan fingerprint density at radius 2 is 1.91 bits per heavy atom. The Bertz CT molecular complexity index is 120. The molecule has 1 unspecified atom stereocenters.